The Bertz CT molecular complexity index is 1020. The second-order valence-corrected chi connectivity index (χ2v) is 6.85. The lowest BCUT2D eigenvalue weighted by Gasteiger charge is -2.01. The molecule has 1 aromatic heterocycles. The highest BCUT2D eigenvalue weighted by atomic mass is 35.5. The Morgan fingerprint density at radius 3 is 2.85 bits per heavy atom. The van der Waals surface area contributed by atoms with Crippen LogP contribution in [0.15, 0.2) is 58.8 Å². The summed E-state index contributed by atoms with van der Waals surface area (Å²) >= 11 is 12.5. The molecule has 0 spiro atoms. The van der Waals surface area contributed by atoms with Crippen molar-refractivity contribution in [1.82, 2.24) is 14.9 Å². The van der Waals surface area contributed by atoms with Crippen molar-refractivity contribution in [1.29, 1.82) is 0 Å². The van der Waals surface area contributed by atoms with Crippen molar-refractivity contribution in [3.8, 4) is 0 Å². The van der Waals surface area contributed by atoms with E-state index < -0.39 is 4.92 Å². The summed E-state index contributed by atoms with van der Waals surface area (Å²) in [5.74, 6) is 0.711. The number of hydrogen-bond acceptors (Lipinski definition) is 6. The molecule has 0 fully saturated rings. The highest BCUT2D eigenvalue weighted by Gasteiger charge is 2.12. The van der Waals surface area contributed by atoms with Crippen molar-refractivity contribution >= 4 is 47.5 Å². The lowest BCUT2D eigenvalue weighted by molar-refractivity contribution is -0.384. The van der Waals surface area contributed by atoms with Gasteiger partial charge in [0, 0.05) is 17.4 Å². The largest absolute Gasteiger partial charge is 0.288 e. The van der Waals surface area contributed by atoms with Crippen LogP contribution in [-0.2, 0) is 5.75 Å². The van der Waals surface area contributed by atoms with Crippen LogP contribution in [0.2, 0.25) is 5.02 Å². The van der Waals surface area contributed by atoms with Gasteiger partial charge < -0.3 is 0 Å². The van der Waals surface area contributed by atoms with Gasteiger partial charge in [-0.25, -0.2) is 5.10 Å². The SMILES string of the molecule is O=[N+]([O-])c1cc(/C=N\n2c(SCc3ccccc3)n[nH]c2=S)ccc1Cl. The summed E-state index contributed by atoms with van der Waals surface area (Å²) < 4.78 is 1.81. The first-order valence-corrected chi connectivity index (χ1v) is 9.14. The second kappa shape index (κ2) is 8.26. The van der Waals surface area contributed by atoms with E-state index in [0.29, 0.717) is 21.2 Å². The van der Waals surface area contributed by atoms with E-state index in [2.05, 4.69) is 15.3 Å². The predicted molar refractivity (Wildman–Crippen MR) is 105 cm³/mol. The van der Waals surface area contributed by atoms with E-state index >= 15 is 0 Å². The molecule has 0 aliphatic rings. The normalized spacial score (nSPS) is 11.1. The average Bonchev–Trinajstić information content (AvgIpc) is 2.99. The number of nitro groups is 1. The van der Waals surface area contributed by atoms with Crippen LogP contribution < -0.4 is 0 Å². The minimum Gasteiger partial charge on any atom is -0.258 e. The number of halogens is 1. The number of benzene rings is 2. The zero-order chi connectivity index (χ0) is 18.5. The van der Waals surface area contributed by atoms with Gasteiger partial charge in [0.1, 0.15) is 5.02 Å². The lowest BCUT2D eigenvalue weighted by Crippen LogP contribution is -1.95. The predicted octanol–water partition coefficient (Wildman–Crippen LogP) is 4.68. The second-order valence-electron chi connectivity index (χ2n) is 5.11. The van der Waals surface area contributed by atoms with E-state index in [9.17, 15) is 10.1 Å². The van der Waals surface area contributed by atoms with Crippen LogP contribution in [0.3, 0.4) is 0 Å². The van der Waals surface area contributed by atoms with Gasteiger partial charge in [-0.1, -0.05) is 59.8 Å². The van der Waals surface area contributed by atoms with Crippen LogP contribution in [0.5, 0.6) is 0 Å². The molecule has 0 saturated carbocycles. The molecule has 1 heterocycles. The van der Waals surface area contributed by atoms with Crippen LogP contribution in [0, 0.1) is 14.9 Å². The highest BCUT2D eigenvalue weighted by Crippen LogP contribution is 2.25. The molecule has 0 aliphatic carbocycles. The maximum atomic E-state index is 11.0. The van der Waals surface area contributed by atoms with Gasteiger partial charge in [-0.05, 0) is 23.8 Å². The molecule has 0 atom stereocenters. The van der Waals surface area contributed by atoms with Crippen LogP contribution in [0.4, 0.5) is 5.69 Å². The van der Waals surface area contributed by atoms with E-state index in [1.165, 1.54) is 34.8 Å². The summed E-state index contributed by atoms with van der Waals surface area (Å²) in [6.45, 7) is 0. The molecule has 3 aromatic rings. The van der Waals surface area contributed by atoms with Gasteiger partial charge in [0.2, 0.25) is 9.93 Å². The van der Waals surface area contributed by atoms with Crippen LogP contribution in [0.1, 0.15) is 11.1 Å². The molecule has 2 aromatic carbocycles. The smallest absolute Gasteiger partial charge is 0.258 e. The summed E-state index contributed by atoms with van der Waals surface area (Å²) in [6, 6.07) is 14.4. The van der Waals surface area contributed by atoms with Gasteiger partial charge in [-0.3, -0.25) is 10.1 Å². The van der Waals surface area contributed by atoms with Gasteiger partial charge in [0.05, 0.1) is 11.1 Å². The third kappa shape index (κ3) is 4.37. The molecule has 26 heavy (non-hydrogen) atoms. The number of nitro benzene ring substituents is 1. The molecular weight excluding hydrogens is 394 g/mol. The molecule has 7 nitrogen and oxygen atoms in total. The van der Waals surface area contributed by atoms with Crippen molar-refractivity contribution in [2.45, 2.75) is 10.9 Å². The minimum atomic E-state index is -0.537. The number of rotatable bonds is 6. The summed E-state index contributed by atoms with van der Waals surface area (Å²) in [7, 11) is 0. The molecule has 0 radical (unpaired) electrons. The molecule has 0 aliphatic heterocycles. The Hall–Kier alpha value is -2.49. The number of hydrogen-bond donors (Lipinski definition) is 1. The third-order valence-electron chi connectivity index (χ3n) is 3.32. The number of nitrogens with one attached hydrogen (secondary N) is 1. The zero-order valence-corrected chi connectivity index (χ0v) is 15.6. The Morgan fingerprint density at radius 2 is 2.12 bits per heavy atom. The maximum absolute atomic E-state index is 11.0. The number of H-pyrrole nitrogens is 1. The van der Waals surface area contributed by atoms with Crippen molar-refractivity contribution in [2.75, 3.05) is 0 Å². The standard InChI is InChI=1S/C16H12ClN5O2S2/c17-13-7-6-12(8-14(13)22(23)24)9-18-21-15(25)19-20-16(21)26-10-11-4-2-1-3-5-11/h1-9H,10H2,(H,19,25)/b18-9-. The molecule has 0 unspecified atom stereocenters. The first-order valence-electron chi connectivity index (χ1n) is 7.37. The molecule has 1 N–H and O–H groups in total. The van der Waals surface area contributed by atoms with Gasteiger partial charge in [-0.15, -0.1) is 5.10 Å². The fourth-order valence-electron chi connectivity index (χ4n) is 2.07. The molecule has 3 rings (SSSR count). The van der Waals surface area contributed by atoms with E-state index in [1.54, 1.807) is 6.07 Å². The summed E-state index contributed by atoms with van der Waals surface area (Å²) in [5.41, 5.74) is 1.50. The van der Waals surface area contributed by atoms with Crippen molar-refractivity contribution < 1.29 is 4.92 Å². The van der Waals surface area contributed by atoms with E-state index in [-0.39, 0.29) is 10.7 Å². The number of nitrogens with zero attached hydrogens (tertiary/aromatic N) is 4. The number of aromatic amines is 1. The molecule has 0 saturated heterocycles. The van der Waals surface area contributed by atoms with Crippen LogP contribution >= 0.6 is 35.6 Å². The Labute approximate surface area is 162 Å². The molecule has 132 valence electrons. The van der Waals surface area contributed by atoms with E-state index in [1.807, 2.05) is 30.3 Å². The summed E-state index contributed by atoms with van der Waals surface area (Å²) in [5, 5.41) is 22.8. The van der Waals surface area contributed by atoms with Gasteiger partial charge in [0.15, 0.2) is 0 Å². The van der Waals surface area contributed by atoms with E-state index in [0.717, 1.165) is 5.56 Å². The summed E-state index contributed by atoms with van der Waals surface area (Å²) in [4.78, 5) is 10.4. The zero-order valence-electron chi connectivity index (χ0n) is 13.2. The van der Waals surface area contributed by atoms with E-state index in [4.69, 9.17) is 23.8 Å². The van der Waals surface area contributed by atoms with Crippen LogP contribution in [0.25, 0.3) is 0 Å². The highest BCUT2D eigenvalue weighted by molar-refractivity contribution is 7.98. The first-order chi connectivity index (χ1) is 12.5. The maximum Gasteiger partial charge on any atom is 0.288 e. The number of thioether (sulfide) groups is 1. The fourth-order valence-corrected chi connectivity index (χ4v) is 3.35. The Balaban J connectivity index is 1.81. The Kier molecular flexibility index (Phi) is 5.82. The number of aromatic nitrogens is 3. The van der Waals surface area contributed by atoms with Crippen molar-refractivity contribution in [2.24, 2.45) is 5.10 Å². The molecule has 0 bridgehead atoms. The minimum absolute atomic E-state index is 0.0752. The first kappa shape index (κ1) is 18.3. The quantitative estimate of drug-likeness (QED) is 0.211. The van der Waals surface area contributed by atoms with Gasteiger partial charge >= 0.3 is 0 Å². The van der Waals surface area contributed by atoms with Crippen molar-refractivity contribution in [3.05, 3.63) is 79.6 Å². The molecular formula is C16H12ClN5O2S2. The average molecular weight is 406 g/mol. The monoisotopic (exact) mass is 405 g/mol. The molecule has 0 amide bonds. The lowest BCUT2D eigenvalue weighted by atomic mass is 10.2. The van der Waals surface area contributed by atoms with Crippen molar-refractivity contribution in [3.63, 3.8) is 0 Å². The third-order valence-corrected chi connectivity index (χ3v) is 4.90. The topological polar surface area (TPSA) is 89.1 Å². The Morgan fingerprint density at radius 1 is 1.35 bits per heavy atom. The van der Waals surface area contributed by atoms with Crippen LogP contribution in [-0.4, -0.2) is 26.0 Å². The summed E-state index contributed by atoms with van der Waals surface area (Å²) in [6.07, 6.45) is 1.47. The van der Waals surface area contributed by atoms with Gasteiger partial charge in [-0.2, -0.15) is 9.78 Å². The fraction of sp³-hybridized carbons (Fsp3) is 0.0625. The van der Waals surface area contributed by atoms with Gasteiger partial charge in [0.25, 0.3) is 5.69 Å². The molecule has 10 heteroatoms.